The van der Waals surface area contributed by atoms with Gasteiger partial charge in [-0.25, -0.2) is 4.79 Å². The Morgan fingerprint density at radius 3 is 2.52 bits per heavy atom. The Hall–Kier alpha value is -3.13. The zero-order valence-corrected chi connectivity index (χ0v) is 15.1. The summed E-state index contributed by atoms with van der Waals surface area (Å²) in [6, 6.07) is 14.0. The molecule has 0 aromatic heterocycles. The smallest absolute Gasteiger partial charge is 0.412 e. The fourth-order valence-electron chi connectivity index (χ4n) is 2.91. The van der Waals surface area contributed by atoms with Crippen molar-refractivity contribution in [3.63, 3.8) is 0 Å². The van der Waals surface area contributed by atoms with E-state index in [4.69, 9.17) is 4.74 Å². The third-order valence-electron chi connectivity index (χ3n) is 4.49. The molecule has 1 heterocycles. The first-order valence-corrected chi connectivity index (χ1v) is 8.72. The molecule has 3 rings (SSSR count). The molecule has 0 bridgehead atoms. The summed E-state index contributed by atoms with van der Waals surface area (Å²) in [5.41, 5.74) is 1.65. The zero-order chi connectivity index (χ0) is 19.2. The van der Waals surface area contributed by atoms with Crippen LogP contribution < -0.4 is 10.2 Å². The van der Waals surface area contributed by atoms with Crippen molar-refractivity contribution in [1.82, 2.24) is 4.90 Å². The summed E-state index contributed by atoms with van der Waals surface area (Å²) in [5.74, 6) is 0. The summed E-state index contributed by atoms with van der Waals surface area (Å²) in [6.07, 6.45) is -0.725. The number of carbonyl (C=O) groups is 1. The molecule has 0 saturated carbocycles. The molecule has 0 atom stereocenters. The minimum absolute atomic E-state index is 0.0959. The van der Waals surface area contributed by atoms with E-state index >= 15 is 0 Å². The van der Waals surface area contributed by atoms with Crippen molar-refractivity contribution in [2.75, 3.05) is 43.4 Å². The van der Waals surface area contributed by atoms with Gasteiger partial charge in [-0.2, -0.15) is 0 Å². The van der Waals surface area contributed by atoms with E-state index < -0.39 is 11.0 Å². The first-order valence-electron chi connectivity index (χ1n) is 8.72. The summed E-state index contributed by atoms with van der Waals surface area (Å²) in [4.78, 5) is 27.3. The predicted octanol–water partition coefficient (Wildman–Crippen LogP) is 3.10. The summed E-state index contributed by atoms with van der Waals surface area (Å²) in [6.45, 7) is 3.58. The Morgan fingerprint density at radius 1 is 1.15 bits per heavy atom. The van der Waals surface area contributed by atoms with E-state index in [1.165, 1.54) is 6.07 Å². The first-order chi connectivity index (χ1) is 13.0. The molecule has 0 unspecified atom stereocenters. The highest BCUT2D eigenvalue weighted by Gasteiger charge is 2.21. The number of rotatable bonds is 5. The number of amides is 1. The van der Waals surface area contributed by atoms with Crippen molar-refractivity contribution >= 4 is 23.2 Å². The van der Waals surface area contributed by atoms with E-state index in [0.717, 1.165) is 37.4 Å². The zero-order valence-electron chi connectivity index (χ0n) is 15.1. The van der Waals surface area contributed by atoms with Gasteiger partial charge in [0, 0.05) is 37.9 Å². The fraction of sp³-hybridized carbons (Fsp3) is 0.316. The van der Waals surface area contributed by atoms with E-state index in [0.29, 0.717) is 0 Å². The molecule has 1 amide bonds. The molecule has 8 nitrogen and oxygen atoms in total. The summed E-state index contributed by atoms with van der Waals surface area (Å²) < 4.78 is 5.17. The Bertz CT molecular complexity index is 805. The van der Waals surface area contributed by atoms with Crippen LogP contribution >= 0.6 is 0 Å². The second-order valence-corrected chi connectivity index (χ2v) is 6.44. The number of nitro benzene ring substituents is 1. The van der Waals surface area contributed by atoms with Crippen molar-refractivity contribution in [2.45, 2.75) is 6.61 Å². The average molecular weight is 370 g/mol. The molecular weight excluding hydrogens is 348 g/mol. The largest absolute Gasteiger partial charge is 0.444 e. The van der Waals surface area contributed by atoms with Crippen molar-refractivity contribution in [2.24, 2.45) is 0 Å². The van der Waals surface area contributed by atoms with E-state index in [1.807, 2.05) is 30.3 Å². The summed E-state index contributed by atoms with van der Waals surface area (Å²) in [5, 5.41) is 13.8. The van der Waals surface area contributed by atoms with Gasteiger partial charge in [0.15, 0.2) is 0 Å². The molecule has 1 saturated heterocycles. The molecule has 27 heavy (non-hydrogen) atoms. The number of nitrogens with zero attached hydrogens (tertiary/aromatic N) is 3. The van der Waals surface area contributed by atoms with Gasteiger partial charge in [-0.3, -0.25) is 15.4 Å². The van der Waals surface area contributed by atoms with Crippen LogP contribution in [-0.2, 0) is 11.3 Å². The lowest BCUT2D eigenvalue weighted by Crippen LogP contribution is -2.44. The topological polar surface area (TPSA) is 88.0 Å². The van der Waals surface area contributed by atoms with Crippen LogP contribution in [0.2, 0.25) is 0 Å². The Balaban J connectivity index is 1.70. The van der Waals surface area contributed by atoms with Crippen molar-refractivity contribution < 1.29 is 14.5 Å². The molecule has 1 N–H and O–H groups in total. The number of nitrogens with one attached hydrogen (secondary N) is 1. The van der Waals surface area contributed by atoms with Crippen molar-refractivity contribution in [3.8, 4) is 0 Å². The van der Waals surface area contributed by atoms with Gasteiger partial charge in [-0.05, 0) is 24.7 Å². The van der Waals surface area contributed by atoms with Crippen LogP contribution in [0.3, 0.4) is 0 Å². The van der Waals surface area contributed by atoms with E-state index in [9.17, 15) is 14.9 Å². The molecule has 8 heteroatoms. The maximum absolute atomic E-state index is 12.1. The normalized spacial score (nSPS) is 14.6. The highest BCUT2D eigenvalue weighted by molar-refractivity contribution is 5.89. The maximum atomic E-state index is 12.1. The highest BCUT2D eigenvalue weighted by Crippen LogP contribution is 2.30. The van der Waals surface area contributed by atoms with Crippen LogP contribution in [-0.4, -0.2) is 49.1 Å². The fourth-order valence-corrected chi connectivity index (χ4v) is 2.91. The summed E-state index contributed by atoms with van der Waals surface area (Å²) >= 11 is 0. The molecule has 0 radical (unpaired) electrons. The molecule has 1 aliphatic heterocycles. The molecule has 0 spiro atoms. The number of anilines is 2. The van der Waals surface area contributed by atoms with Crippen LogP contribution in [0, 0.1) is 10.1 Å². The van der Waals surface area contributed by atoms with Gasteiger partial charge < -0.3 is 14.5 Å². The van der Waals surface area contributed by atoms with Crippen LogP contribution in [0.25, 0.3) is 0 Å². The molecule has 0 aliphatic carbocycles. The third-order valence-corrected chi connectivity index (χ3v) is 4.49. The number of piperazine rings is 1. The Labute approximate surface area is 157 Å². The van der Waals surface area contributed by atoms with Crippen LogP contribution in [0.5, 0.6) is 0 Å². The third kappa shape index (κ3) is 4.95. The Kier molecular flexibility index (Phi) is 5.87. The second kappa shape index (κ2) is 8.50. The lowest BCUT2D eigenvalue weighted by molar-refractivity contribution is -0.383. The Morgan fingerprint density at radius 2 is 1.85 bits per heavy atom. The van der Waals surface area contributed by atoms with Gasteiger partial charge in [0.2, 0.25) is 0 Å². The molecule has 1 aliphatic rings. The van der Waals surface area contributed by atoms with Crippen LogP contribution in [0.15, 0.2) is 48.5 Å². The quantitative estimate of drug-likeness (QED) is 0.643. The van der Waals surface area contributed by atoms with Crippen molar-refractivity contribution in [3.05, 3.63) is 64.2 Å². The number of carbonyl (C=O) groups excluding carboxylic acids is 1. The SMILES string of the molecule is CN1CCN(c2ccc([N+](=O)[O-])c(NC(=O)OCc3ccccc3)c2)CC1. The molecular formula is C19H22N4O4. The van der Waals surface area contributed by atoms with Gasteiger partial charge >= 0.3 is 6.09 Å². The first kappa shape index (κ1) is 18.7. The van der Waals surface area contributed by atoms with E-state index in [1.54, 1.807) is 12.1 Å². The standard InChI is InChI=1S/C19H22N4O4/c1-21-9-11-22(12-10-21)16-7-8-18(23(25)26)17(13-16)20-19(24)27-14-15-5-3-2-4-6-15/h2-8,13H,9-12,14H2,1H3,(H,20,24). The van der Waals surface area contributed by atoms with Gasteiger partial charge in [-0.15, -0.1) is 0 Å². The molecule has 2 aromatic rings. The molecule has 2 aromatic carbocycles. The maximum Gasteiger partial charge on any atom is 0.412 e. The number of nitro groups is 1. The van der Waals surface area contributed by atoms with E-state index in [-0.39, 0.29) is 18.0 Å². The number of ether oxygens (including phenoxy) is 1. The lowest BCUT2D eigenvalue weighted by Gasteiger charge is -2.34. The number of benzene rings is 2. The minimum atomic E-state index is -0.725. The molecule has 1 fully saturated rings. The highest BCUT2D eigenvalue weighted by atomic mass is 16.6. The predicted molar refractivity (Wildman–Crippen MR) is 103 cm³/mol. The van der Waals surface area contributed by atoms with Gasteiger partial charge in [0.05, 0.1) is 4.92 Å². The second-order valence-electron chi connectivity index (χ2n) is 6.44. The van der Waals surface area contributed by atoms with Gasteiger partial charge in [0.1, 0.15) is 12.3 Å². The number of likely N-dealkylation sites (N-methyl/N-ethyl adjacent to an activating group) is 1. The van der Waals surface area contributed by atoms with E-state index in [2.05, 4.69) is 22.2 Å². The minimum Gasteiger partial charge on any atom is -0.444 e. The van der Waals surface area contributed by atoms with Crippen LogP contribution in [0.1, 0.15) is 5.56 Å². The van der Waals surface area contributed by atoms with Crippen molar-refractivity contribution in [1.29, 1.82) is 0 Å². The number of hydrogen-bond acceptors (Lipinski definition) is 6. The van der Waals surface area contributed by atoms with Crippen LogP contribution in [0.4, 0.5) is 21.9 Å². The molecule has 142 valence electrons. The lowest BCUT2D eigenvalue weighted by atomic mass is 10.2. The number of hydrogen-bond donors (Lipinski definition) is 1. The monoisotopic (exact) mass is 370 g/mol. The average Bonchev–Trinajstić information content (AvgIpc) is 2.67. The van der Waals surface area contributed by atoms with Gasteiger partial charge in [0.25, 0.3) is 5.69 Å². The summed E-state index contributed by atoms with van der Waals surface area (Å²) in [7, 11) is 2.06. The van der Waals surface area contributed by atoms with Gasteiger partial charge in [-0.1, -0.05) is 30.3 Å².